The predicted molar refractivity (Wildman–Crippen MR) is 72.5 cm³/mol. The molecule has 0 unspecified atom stereocenters. The fourth-order valence-electron chi connectivity index (χ4n) is 1.80. The van der Waals surface area contributed by atoms with Crippen LogP contribution in [0.5, 0.6) is 17.2 Å². The largest absolute Gasteiger partial charge is 0.496 e. The van der Waals surface area contributed by atoms with Gasteiger partial charge in [-0.3, -0.25) is 0 Å². The van der Waals surface area contributed by atoms with E-state index >= 15 is 0 Å². The highest BCUT2D eigenvalue weighted by atomic mass is 16.5. The van der Waals surface area contributed by atoms with Crippen LogP contribution in [0.15, 0.2) is 24.8 Å². The van der Waals surface area contributed by atoms with E-state index in [1.54, 1.807) is 27.4 Å². The Labute approximate surface area is 108 Å². The van der Waals surface area contributed by atoms with Gasteiger partial charge in [0.15, 0.2) is 11.5 Å². The molecule has 0 radical (unpaired) electrons. The molecule has 2 N–H and O–H groups in total. The summed E-state index contributed by atoms with van der Waals surface area (Å²) in [4.78, 5) is 0. The molecule has 0 spiro atoms. The number of allylic oxidation sites excluding steroid dienone is 1. The van der Waals surface area contributed by atoms with Crippen LogP contribution < -0.4 is 19.9 Å². The molecule has 1 rings (SSSR count). The Morgan fingerprint density at radius 3 is 2.17 bits per heavy atom. The summed E-state index contributed by atoms with van der Waals surface area (Å²) in [5.41, 5.74) is 7.06. The van der Waals surface area contributed by atoms with E-state index in [0.29, 0.717) is 17.2 Å². The first-order valence-electron chi connectivity index (χ1n) is 5.84. The van der Waals surface area contributed by atoms with Crippen LogP contribution in [0.25, 0.3) is 0 Å². The number of ether oxygens (including phenoxy) is 3. The molecular formula is C14H21NO3. The van der Waals surface area contributed by atoms with Crippen molar-refractivity contribution in [2.75, 3.05) is 21.3 Å². The SMILES string of the molecule is C=CCC[C@@H](N)c1cc(OC)c(OC)cc1OC. The Balaban J connectivity index is 3.11. The van der Waals surface area contributed by atoms with E-state index in [2.05, 4.69) is 6.58 Å². The lowest BCUT2D eigenvalue weighted by atomic mass is 10.0. The third-order valence-electron chi connectivity index (χ3n) is 2.82. The molecule has 0 fully saturated rings. The summed E-state index contributed by atoms with van der Waals surface area (Å²) >= 11 is 0. The van der Waals surface area contributed by atoms with Gasteiger partial charge in [-0.05, 0) is 18.9 Å². The molecule has 0 aromatic heterocycles. The average molecular weight is 251 g/mol. The number of methoxy groups -OCH3 is 3. The Morgan fingerprint density at radius 2 is 1.67 bits per heavy atom. The van der Waals surface area contributed by atoms with Gasteiger partial charge in [0.1, 0.15) is 5.75 Å². The third kappa shape index (κ3) is 3.17. The van der Waals surface area contributed by atoms with Gasteiger partial charge in [0.25, 0.3) is 0 Å². The first-order chi connectivity index (χ1) is 8.67. The molecule has 0 heterocycles. The summed E-state index contributed by atoms with van der Waals surface area (Å²) in [5.74, 6) is 2.00. The normalized spacial score (nSPS) is 11.8. The quantitative estimate of drug-likeness (QED) is 0.757. The van der Waals surface area contributed by atoms with Crippen molar-refractivity contribution in [3.8, 4) is 17.2 Å². The Kier molecular flexibility index (Phi) is 5.52. The third-order valence-corrected chi connectivity index (χ3v) is 2.82. The van der Waals surface area contributed by atoms with Crippen molar-refractivity contribution in [2.24, 2.45) is 5.73 Å². The maximum Gasteiger partial charge on any atom is 0.164 e. The number of hydrogen-bond donors (Lipinski definition) is 1. The van der Waals surface area contributed by atoms with Crippen LogP contribution in [0.3, 0.4) is 0 Å². The maximum absolute atomic E-state index is 6.15. The number of benzene rings is 1. The summed E-state index contributed by atoms with van der Waals surface area (Å²) in [6, 6.07) is 3.55. The van der Waals surface area contributed by atoms with E-state index in [1.165, 1.54) is 0 Å². The van der Waals surface area contributed by atoms with Crippen molar-refractivity contribution < 1.29 is 14.2 Å². The van der Waals surface area contributed by atoms with Crippen molar-refractivity contribution >= 4 is 0 Å². The van der Waals surface area contributed by atoms with Crippen LogP contribution >= 0.6 is 0 Å². The van der Waals surface area contributed by atoms with E-state index < -0.39 is 0 Å². The Morgan fingerprint density at radius 1 is 1.11 bits per heavy atom. The molecule has 0 amide bonds. The average Bonchev–Trinajstić information content (AvgIpc) is 2.42. The van der Waals surface area contributed by atoms with E-state index in [0.717, 1.165) is 18.4 Å². The highest BCUT2D eigenvalue weighted by Gasteiger charge is 2.16. The van der Waals surface area contributed by atoms with E-state index in [1.807, 2.05) is 12.1 Å². The van der Waals surface area contributed by atoms with Gasteiger partial charge in [0.05, 0.1) is 21.3 Å². The molecule has 4 nitrogen and oxygen atoms in total. The van der Waals surface area contributed by atoms with Crippen molar-refractivity contribution in [2.45, 2.75) is 18.9 Å². The number of rotatable bonds is 7. The van der Waals surface area contributed by atoms with Gasteiger partial charge in [-0.15, -0.1) is 6.58 Å². The highest BCUT2D eigenvalue weighted by Crippen LogP contribution is 2.37. The highest BCUT2D eigenvalue weighted by molar-refractivity contribution is 5.51. The second-order valence-electron chi connectivity index (χ2n) is 3.92. The molecule has 0 saturated carbocycles. The van der Waals surface area contributed by atoms with Crippen LogP contribution in [0, 0.1) is 0 Å². The molecule has 18 heavy (non-hydrogen) atoms. The Hall–Kier alpha value is -1.68. The van der Waals surface area contributed by atoms with Crippen molar-refractivity contribution in [1.29, 1.82) is 0 Å². The molecule has 0 saturated heterocycles. The van der Waals surface area contributed by atoms with Crippen LogP contribution in [0.4, 0.5) is 0 Å². The van der Waals surface area contributed by atoms with Crippen LogP contribution in [0.1, 0.15) is 24.4 Å². The molecule has 0 bridgehead atoms. The molecule has 1 atom stereocenters. The zero-order valence-electron chi connectivity index (χ0n) is 11.2. The minimum atomic E-state index is -0.113. The standard InChI is InChI=1S/C14H21NO3/c1-5-6-7-11(15)10-8-13(17-3)14(18-4)9-12(10)16-2/h5,8-9,11H,1,6-7,15H2,2-4H3/t11-/m1/s1. The first kappa shape index (κ1) is 14.4. The molecule has 100 valence electrons. The van der Waals surface area contributed by atoms with Gasteiger partial charge < -0.3 is 19.9 Å². The van der Waals surface area contributed by atoms with Gasteiger partial charge in [-0.25, -0.2) is 0 Å². The lowest BCUT2D eigenvalue weighted by Gasteiger charge is -2.18. The fraction of sp³-hybridized carbons (Fsp3) is 0.429. The predicted octanol–water partition coefficient (Wildman–Crippen LogP) is 2.68. The van der Waals surface area contributed by atoms with Gasteiger partial charge >= 0.3 is 0 Å². The van der Waals surface area contributed by atoms with Gasteiger partial charge in [0.2, 0.25) is 0 Å². The summed E-state index contributed by atoms with van der Waals surface area (Å²) in [7, 11) is 4.81. The molecule has 0 aliphatic carbocycles. The van der Waals surface area contributed by atoms with E-state index in [9.17, 15) is 0 Å². The smallest absolute Gasteiger partial charge is 0.164 e. The van der Waals surface area contributed by atoms with Gasteiger partial charge in [0, 0.05) is 17.7 Å². The molecule has 1 aromatic carbocycles. The van der Waals surface area contributed by atoms with E-state index in [4.69, 9.17) is 19.9 Å². The van der Waals surface area contributed by atoms with Crippen molar-refractivity contribution in [1.82, 2.24) is 0 Å². The summed E-state index contributed by atoms with van der Waals surface area (Å²) in [5, 5.41) is 0. The number of hydrogen-bond acceptors (Lipinski definition) is 4. The minimum Gasteiger partial charge on any atom is -0.496 e. The first-order valence-corrected chi connectivity index (χ1v) is 5.84. The summed E-state index contributed by atoms with van der Waals surface area (Å²) in [6.07, 6.45) is 3.53. The Bertz CT molecular complexity index is 404. The van der Waals surface area contributed by atoms with Crippen molar-refractivity contribution in [3.63, 3.8) is 0 Å². The lowest BCUT2D eigenvalue weighted by Crippen LogP contribution is -2.11. The second kappa shape index (κ2) is 6.91. The van der Waals surface area contributed by atoms with Gasteiger partial charge in [-0.1, -0.05) is 6.08 Å². The zero-order chi connectivity index (χ0) is 13.5. The lowest BCUT2D eigenvalue weighted by molar-refractivity contribution is 0.346. The van der Waals surface area contributed by atoms with Gasteiger partial charge in [-0.2, -0.15) is 0 Å². The topological polar surface area (TPSA) is 53.7 Å². The van der Waals surface area contributed by atoms with Crippen LogP contribution in [-0.2, 0) is 0 Å². The molecule has 4 heteroatoms. The zero-order valence-corrected chi connectivity index (χ0v) is 11.2. The number of nitrogens with two attached hydrogens (primary N) is 1. The summed E-state index contributed by atoms with van der Waals surface area (Å²) in [6.45, 7) is 3.70. The van der Waals surface area contributed by atoms with Crippen molar-refractivity contribution in [3.05, 3.63) is 30.4 Å². The molecule has 1 aromatic rings. The summed E-state index contributed by atoms with van der Waals surface area (Å²) < 4.78 is 15.9. The van der Waals surface area contributed by atoms with E-state index in [-0.39, 0.29) is 6.04 Å². The fourth-order valence-corrected chi connectivity index (χ4v) is 1.80. The molecule has 0 aliphatic heterocycles. The minimum absolute atomic E-state index is 0.113. The second-order valence-corrected chi connectivity index (χ2v) is 3.92. The van der Waals surface area contributed by atoms with Crippen LogP contribution in [-0.4, -0.2) is 21.3 Å². The van der Waals surface area contributed by atoms with Crippen LogP contribution in [0.2, 0.25) is 0 Å². The molecular weight excluding hydrogens is 230 g/mol. The maximum atomic E-state index is 6.15. The monoisotopic (exact) mass is 251 g/mol. The molecule has 0 aliphatic rings.